The molecule has 0 amide bonds. The Labute approximate surface area is 110 Å². The summed E-state index contributed by atoms with van der Waals surface area (Å²) in [5.74, 6) is 0.873. The average Bonchev–Trinajstić information content (AvgIpc) is 2.72. The van der Waals surface area contributed by atoms with Gasteiger partial charge in [-0.1, -0.05) is 13.8 Å². The number of aromatic nitrogens is 3. The van der Waals surface area contributed by atoms with Crippen LogP contribution in [0, 0.1) is 0 Å². The molecule has 5 nitrogen and oxygen atoms in total. The smallest absolute Gasteiger partial charge is 0.138 e. The van der Waals surface area contributed by atoms with E-state index in [4.69, 9.17) is 0 Å². The highest BCUT2D eigenvalue weighted by Crippen LogP contribution is 2.15. The van der Waals surface area contributed by atoms with Gasteiger partial charge >= 0.3 is 0 Å². The second kappa shape index (κ2) is 7.48. The molecule has 0 saturated carbocycles. The highest BCUT2D eigenvalue weighted by molar-refractivity contribution is 4.93. The van der Waals surface area contributed by atoms with E-state index in [1.807, 2.05) is 11.6 Å². The van der Waals surface area contributed by atoms with Crippen LogP contribution in [-0.4, -0.2) is 38.6 Å². The van der Waals surface area contributed by atoms with Crippen LogP contribution in [0.5, 0.6) is 0 Å². The zero-order chi connectivity index (χ0) is 13.4. The lowest BCUT2D eigenvalue weighted by Gasteiger charge is -2.23. The van der Waals surface area contributed by atoms with E-state index in [1.165, 1.54) is 0 Å². The molecule has 0 fully saturated rings. The molecule has 0 aliphatic carbocycles. The minimum atomic E-state index is -0.723. The first-order chi connectivity index (χ1) is 8.59. The molecule has 1 aromatic heterocycles. The number of aryl methyl sites for hydroxylation is 1. The van der Waals surface area contributed by atoms with Gasteiger partial charge in [0.2, 0.25) is 0 Å². The largest absolute Gasteiger partial charge is 0.390 e. The van der Waals surface area contributed by atoms with Gasteiger partial charge in [-0.25, -0.2) is 4.98 Å². The van der Waals surface area contributed by atoms with E-state index in [-0.39, 0.29) is 0 Å². The van der Waals surface area contributed by atoms with E-state index < -0.39 is 5.60 Å². The van der Waals surface area contributed by atoms with Gasteiger partial charge in [0.15, 0.2) is 0 Å². The molecule has 0 saturated heterocycles. The molecule has 0 radical (unpaired) electrons. The Bertz CT molecular complexity index is 335. The zero-order valence-electron chi connectivity index (χ0n) is 11.8. The van der Waals surface area contributed by atoms with E-state index in [9.17, 15) is 5.11 Å². The second-order valence-electron chi connectivity index (χ2n) is 5.07. The summed E-state index contributed by atoms with van der Waals surface area (Å²) < 4.78 is 1.88. The van der Waals surface area contributed by atoms with E-state index >= 15 is 0 Å². The van der Waals surface area contributed by atoms with Gasteiger partial charge in [-0.05, 0) is 39.3 Å². The molecule has 1 aromatic rings. The van der Waals surface area contributed by atoms with Crippen molar-refractivity contribution in [3.8, 4) is 0 Å². The number of nitrogens with zero attached hydrogens (tertiary/aromatic N) is 3. The zero-order valence-corrected chi connectivity index (χ0v) is 11.8. The maximum Gasteiger partial charge on any atom is 0.138 e. The highest BCUT2D eigenvalue weighted by atomic mass is 16.3. The van der Waals surface area contributed by atoms with Crippen LogP contribution in [0.2, 0.25) is 0 Å². The molecule has 104 valence electrons. The lowest BCUT2D eigenvalue weighted by Crippen LogP contribution is -2.33. The average molecular weight is 254 g/mol. The van der Waals surface area contributed by atoms with Crippen molar-refractivity contribution < 1.29 is 5.11 Å². The molecular formula is C13H26N4O. The van der Waals surface area contributed by atoms with Gasteiger partial charge in [-0.15, -0.1) is 0 Å². The Balaban J connectivity index is 2.45. The summed E-state index contributed by atoms with van der Waals surface area (Å²) in [5.41, 5.74) is -0.723. The first kappa shape index (κ1) is 15.1. The summed E-state index contributed by atoms with van der Waals surface area (Å²) in [6, 6.07) is 0. The third-order valence-corrected chi connectivity index (χ3v) is 2.94. The van der Waals surface area contributed by atoms with Gasteiger partial charge in [0.1, 0.15) is 12.2 Å². The number of nitrogens with one attached hydrogen (secondary N) is 1. The predicted molar refractivity (Wildman–Crippen MR) is 72.4 cm³/mol. The molecular weight excluding hydrogens is 228 g/mol. The first-order valence-corrected chi connectivity index (χ1v) is 6.89. The van der Waals surface area contributed by atoms with Crippen molar-refractivity contribution >= 4 is 0 Å². The van der Waals surface area contributed by atoms with Crippen LogP contribution in [0.25, 0.3) is 0 Å². The highest BCUT2D eigenvalue weighted by Gasteiger charge is 2.23. The quantitative estimate of drug-likeness (QED) is 0.653. The van der Waals surface area contributed by atoms with Gasteiger partial charge < -0.3 is 10.4 Å². The molecule has 5 heteroatoms. The molecule has 0 aromatic carbocycles. The van der Waals surface area contributed by atoms with Gasteiger partial charge in [0.05, 0.1) is 5.60 Å². The van der Waals surface area contributed by atoms with Gasteiger partial charge in [-0.2, -0.15) is 5.10 Å². The Kier molecular flexibility index (Phi) is 6.29. The van der Waals surface area contributed by atoms with Crippen molar-refractivity contribution in [2.45, 2.75) is 58.6 Å². The molecule has 1 atom stereocenters. The number of aliphatic hydroxyl groups is 1. The summed E-state index contributed by atoms with van der Waals surface area (Å²) in [7, 11) is 0. The van der Waals surface area contributed by atoms with Crippen LogP contribution < -0.4 is 5.32 Å². The molecule has 0 bridgehead atoms. The maximum atomic E-state index is 10.4. The van der Waals surface area contributed by atoms with Crippen LogP contribution in [-0.2, 0) is 13.0 Å². The monoisotopic (exact) mass is 254 g/mol. The summed E-state index contributed by atoms with van der Waals surface area (Å²) in [6.45, 7) is 8.81. The second-order valence-corrected chi connectivity index (χ2v) is 5.07. The fraction of sp³-hybridized carbons (Fsp3) is 0.846. The SMILES string of the molecule is CCCNCCC(C)(O)Cc1ncnn1CCC. The standard InChI is InChI=1S/C13H26N4O/c1-4-7-14-8-6-13(3,18)10-12-15-11-16-17(12)9-5-2/h11,14,18H,4-10H2,1-3H3. The molecule has 2 N–H and O–H groups in total. The van der Waals surface area contributed by atoms with Gasteiger partial charge in [0, 0.05) is 13.0 Å². The van der Waals surface area contributed by atoms with Gasteiger partial charge in [0.25, 0.3) is 0 Å². The van der Waals surface area contributed by atoms with Crippen LogP contribution in [0.4, 0.5) is 0 Å². The molecule has 18 heavy (non-hydrogen) atoms. The summed E-state index contributed by atoms with van der Waals surface area (Å²) >= 11 is 0. The van der Waals surface area contributed by atoms with Crippen LogP contribution in [0.15, 0.2) is 6.33 Å². The lowest BCUT2D eigenvalue weighted by molar-refractivity contribution is 0.0484. The fourth-order valence-electron chi connectivity index (χ4n) is 1.91. The Morgan fingerprint density at radius 3 is 2.78 bits per heavy atom. The van der Waals surface area contributed by atoms with Crippen molar-refractivity contribution in [2.24, 2.45) is 0 Å². The Hall–Kier alpha value is -0.940. The minimum Gasteiger partial charge on any atom is -0.390 e. The lowest BCUT2D eigenvalue weighted by atomic mass is 9.97. The minimum absolute atomic E-state index is 0.556. The van der Waals surface area contributed by atoms with Crippen molar-refractivity contribution in [3.63, 3.8) is 0 Å². The number of rotatable bonds is 9. The van der Waals surface area contributed by atoms with Gasteiger partial charge in [-0.3, -0.25) is 4.68 Å². The first-order valence-electron chi connectivity index (χ1n) is 6.89. The molecule has 0 spiro atoms. The molecule has 1 unspecified atom stereocenters. The number of hydrogen-bond donors (Lipinski definition) is 2. The third-order valence-electron chi connectivity index (χ3n) is 2.94. The van der Waals surface area contributed by atoms with Crippen molar-refractivity contribution in [1.82, 2.24) is 20.1 Å². The summed E-state index contributed by atoms with van der Waals surface area (Å²) in [5, 5.41) is 17.8. The van der Waals surface area contributed by atoms with E-state index in [2.05, 4.69) is 29.2 Å². The summed E-state index contributed by atoms with van der Waals surface area (Å²) in [4.78, 5) is 4.24. The number of hydrogen-bond acceptors (Lipinski definition) is 4. The predicted octanol–water partition coefficient (Wildman–Crippen LogP) is 1.37. The maximum absolute atomic E-state index is 10.4. The third kappa shape index (κ3) is 5.14. The van der Waals surface area contributed by atoms with E-state index in [0.717, 1.165) is 44.7 Å². The van der Waals surface area contributed by atoms with Crippen molar-refractivity contribution in [1.29, 1.82) is 0 Å². The van der Waals surface area contributed by atoms with Crippen molar-refractivity contribution in [3.05, 3.63) is 12.2 Å². The normalized spacial score (nSPS) is 14.7. The van der Waals surface area contributed by atoms with E-state index in [1.54, 1.807) is 6.33 Å². The molecule has 1 rings (SSSR count). The van der Waals surface area contributed by atoms with Crippen molar-refractivity contribution in [2.75, 3.05) is 13.1 Å². The van der Waals surface area contributed by atoms with Crippen LogP contribution >= 0.6 is 0 Å². The van der Waals surface area contributed by atoms with E-state index in [0.29, 0.717) is 6.42 Å². The Morgan fingerprint density at radius 2 is 2.11 bits per heavy atom. The molecule has 1 heterocycles. The summed E-state index contributed by atoms with van der Waals surface area (Å²) in [6.07, 6.45) is 4.99. The van der Waals surface area contributed by atoms with Crippen LogP contribution in [0.1, 0.15) is 45.9 Å². The molecule has 0 aliphatic rings. The molecule has 0 aliphatic heterocycles. The topological polar surface area (TPSA) is 63.0 Å². The fourth-order valence-corrected chi connectivity index (χ4v) is 1.91. The Morgan fingerprint density at radius 1 is 1.33 bits per heavy atom. The van der Waals surface area contributed by atoms with Crippen LogP contribution in [0.3, 0.4) is 0 Å².